The van der Waals surface area contributed by atoms with Crippen LogP contribution in [0.4, 0.5) is 15.9 Å². The number of aromatic nitrogens is 2. The summed E-state index contributed by atoms with van der Waals surface area (Å²) >= 11 is 0. The second-order valence-electron chi connectivity index (χ2n) is 8.53. The summed E-state index contributed by atoms with van der Waals surface area (Å²) in [4.78, 5) is 26.1. The van der Waals surface area contributed by atoms with Crippen molar-refractivity contribution >= 4 is 17.4 Å². The number of hydrogen-bond acceptors (Lipinski definition) is 5. The molecule has 0 spiro atoms. The van der Waals surface area contributed by atoms with Gasteiger partial charge in [0.2, 0.25) is 0 Å². The lowest BCUT2D eigenvalue weighted by atomic mass is 10.1. The van der Waals surface area contributed by atoms with Crippen molar-refractivity contribution < 1.29 is 9.18 Å². The number of anilines is 2. The van der Waals surface area contributed by atoms with Crippen LogP contribution >= 0.6 is 0 Å². The molecule has 1 aromatic heterocycles. The topological polar surface area (TPSA) is 61.4 Å². The number of rotatable bonds is 6. The van der Waals surface area contributed by atoms with Crippen LogP contribution in [0.5, 0.6) is 0 Å². The molecule has 35 heavy (non-hydrogen) atoms. The molecule has 1 amide bonds. The van der Waals surface area contributed by atoms with E-state index in [9.17, 15) is 9.18 Å². The van der Waals surface area contributed by atoms with Gasteiger partial charge < -0.3 is 10.2 Å². The Labute approximate surface area is 204 Å². The lowest BCUT2D eigenvalue weighted by molar-refractivity contribution is 0.0628. The average molecular weight is 468 g/mol. The van der Waals surface area contributed by atoms with Crippen LogP contribution in [-0.2, 0) is 6.54 Å². The summed E-state index contributed by atoms with van der Waals surface area (Å²) in [7, 11) is 0. The minimum Gasteiger partial charge on any atom is -0.340 e. The highest BCUT2D eigenvalue weighted by Crippen LogP contribution is 2.20. The molecule has 5 rings (SSSR count). The van der Waals surface area contributed by atoms with E-state index < -0.39 is 0 Å². The predicted molar refractivity (Wildman–Crippen MR) is 135 cm³/mol. The molecule has 0 unspecified atom stereocenters. The van der Waals surface area contributed by atoms with Gasteiger partial charge in [-0.25, -0.2) is 14.4 Å². The fourth-order valence-corrected chi connectivity index (χ4v) is 4.14. The maximum absolute atomic E-state index is 13.2. The number of halogens is 1. The van der Waals surface area contributed by atoms with Gasteiger partial charge in [-0.15, -0.1) is 0 Å². The second-order valence-corrected chi connectivity index (χ2v) is 8.53. The van der Waals surface area contributed by atoms with Crippen LogP contribution in [0.2, 0.25) is 0 Å². The minimum absolute atomic E-state index is 0.0524. The molecule has 2 heterocycles. The van der Waals surface area contributed by atoms with E-state index in [1.807, 2.05) is 35.2 Å². The molecule has 1 aliphatic rings. The SMILES string of the molecule is O=C(c1ccc(Nc2ccnc(-c3ccc(F)cc3)n2)cc1)N1CCN(Cc2ccccc2)CC1. The highest BCUT2D eigenvalue weighted by molar-refractivity contribution is 5.94. The fourth-order valence-electron chi connectivity index (χ4n) is 4.14. The first-order valence-electron chi connectivity index (χ1n) is 11.7. The van der Waals surface area contributed by atoms with E-state index in [4.69, 9.17) is 0 Å². The third-order valence-corrected chi connectivity index (χ3v) is 6.07. The maximum Gasteiger partial charge on any atom is 0.253 e. The molecule has 6 nitrogen and oxygen atoms in total. The van der Waals surface area contributed by atoms with Crippen molar-refractivity contribution in [2.24, 2.45) is 0 Å². The Kier molecular flexibility index (Phi) is 6.77. The fraction of sp³-hybridized carbons (Fsp3) is 0.179. The summed E-state index contributed by atoms with van der Waals surface area (Å²) < 4.78 is 13.2. The van der Waals surface area contributed by atoms with Crippen LogP contribution in [0.1, 0.15) is 15.9 Å². The van der Waals surface area contributed by atoms with Crippen LogP contribution in [0, 0.1) is 5.82 Å². The van der Waals surface area contributed by atoms with E-state index in [1.165, 1.54) is 17.7 Å². The highest BCUT2D eigenvalue weighted by atomic mass is 19.1. The van der Waals surface area contributed by atoms with Gasteiger partial charge in [-0.05, 0) is 60.2 Å². The van der Waals surface area contributed by atoms with Gasteiger partial charge in [0.15, 0.2) is 5.82 Å². The maximum atomic E-state index is 13.2. The number of nitrogens with one attached hydrogen (secondary N) is 1. The second kappa shape index (κ2) is 10.4. The molecule has 1 fully saturated rings. The summed E-state index contributed by atoms with van der Waals surface area (Å²) in [6, 6.07) is 25.7. The zero-order chi connectivity index (χ0) is 24.0. The molecule has 0 radical (unpaired) electrons. The predicted octanol–water partition coefficient (Wildman–Crippen LogP) is 4.98. The Morgan fingerprint density at radius 1 is 0.857 bits per heavy atom. The smallest absolute Gasteiger partial charge is 0.253 e. The van der Waals surface area contributed by atoms with E-state index in [2.05, 4.69) is 44.5 Å². The number of carbonyl (C=O) groups is 1. The molecule has 0 atom stereocenters. The average Bonchev–Trinajstić information content (AvgIpc) is 2.90. The summed E-state index contributed by atoms with van der Waals surface area (Å²) in [6.45, 7) is 4.08. The van der Waals surface area contributed by atoms with Crippen molar-refractivity contribution in [2.75, 3.05) is 31.5 Å². The van der Waals surface area contributed by atoms with Gasteiger partial charge in [-0.2, -0.15) is 0 Å². The number of carbonyl (C=O) groups excluding carboxylic acids is 1. The third kappa shape index (κ3) is 5.70. The standard InChI is InChI=1S/C28H26FN5O/c29-24-10-6-22(7-11-24)27-30-15-14-26(32-27)31-25-12-8-23(9-13-25)28(35)34-18-16-33(17-19-34)20-21-4-2-1-3-5-21/h1-15H,16-20H2,(H,30,31,32). The Bertz CT molecular complexity index is 1270. The molecule has 0 bridgehead atoms. The summed E-state index contributed by atoms with van der Waals surface area (Å²) in [6.07, 6.45) is 1.66. The van der Waals surface area contributed by atoms with Crippen LogP contribution in [0.25, 0.3) is 11.4 Å². The lowest BCUT2D eigenvalue weighted by Crippen LogP contribution is -2.48. The van der Waals surface area contributed by atoms with Crippen molar-refractivity contribution in [3.05, 3.63) is 108 Å². The number of benzene rings is 3. The highest BCUT2D eigenvalue weighted by Gasteiger charge is 2.22. The van der Waals surface area contributed by atoms with Gasteiger partial charge >= 0.3 is 0 Å². The zero-order valence-electron chi connectivity index (χ0n) is 19.3. The molecular weight excluding hydrogens is 441 g/mol. The van der Waals surface area contributed by atoms with E-state index in [0.717, 1.165) is 44.0 Å². The van der Waals surface area contributed by atoms with Gasteiger partial charge in [0, 0.05) is 55.7 Å². The van der Waals surface area contributed by atoms with E-state index in [-0.39, 0.29) is 11.7 Å². The van der Waals surface area contributed by atoms with Gasteiger partial charge in [0.1, 0.15) is 11.6 Å². The van der Waals surface area contributed by atoms with Crippen molar-refractivity contribution in [1.82, 2.24) is 19.8 Å². The monoisotopic (exact) mass is 467 g/mol. The molecule has 3 aromatic carbocycles. The van der Waals surface area contributed by atoms with Crippen LogP contribution < -0.4 is 5.32 Å². The number of nitrogens with zero attached hydrogens (tertiary/aromatic N) is 4. The van der Waals surface area contributed by atoms with Crippen LogP contribution in [-0.4, -0.2) is 51.9 Å². The van der Waals surface area contributed by atoms with Crippen molar-refractivity contribution in [2.45, 2.75) is 6.54 Å². The van der Waals surface area contributed by atoms with Crippen molar-refractivity contribution in [3.8, 4) is 11.4 Å². The normalized spacial score (nSPS) is 14.0. The van der Waals surface area contributed by atoms with Crippen molar-refractivity contribution in [3.63, 3.8) is 0 Å². The molecule has 1 aliphatic heterocycles. The van der Waals surface area contributed by atoms with Crippen LogP contribution in [0.3, 0.4) is 0 Å². The van der Waals surface area contributed by atoms with Gasteiger partial charge in [-0.3, -0.25) is 9.69 Å². The number of amides is 1. The Balaban J connectivity index is 1.18. The van der Waals surface area contributed by atoms with Gasteiger partial charge in [0.25, 0.3) is 5.91 Å². The van der Waals surface area contributed by atoms with E-state index in [1.54, 1.807) is 24.4 Å². The Morgan fingerprint density at radius 2 is 1.57 bits per heavy atom. The summed E-state index contributed by atoms with van der Waals surface area (Å²) in [5, 5.41) is 3.24. The van der Waals surface area contributed by atoms with Crippen LogP contribution in [0.15, 0.2) is 91.1 Å². The summed E-state index contributed by atoms with van der Waals surface area (Å²) in [5.74, 6) is 0.879. The first-order valence-corrected chi connectivity index (χ1v) is 11.7. The molecule has 0 saturated carbocycles. The Morgan fingerprint density at radius 3 is 2.29 bits per heavy atom. The molecule has 4 aromatic rings. The quantitative estimate of drug-likeness (QED) is 0.433. The molecule has 1 N–H and O–H groups in total. The first kappa shape index (κ1) is 22.7. The largest absolute Gasteiger partial charge is 0.340 e. The Hall–Kier alpha value is -4.10. The van der Waals surface area contributed by atoms with Gasteiger partial charge in [0.05, 0.1) is 0 Å². The van der Waals surface area contributed by atoms with E-state index in [0.29, 0.717) is 17.2 Å². The van der Waals surface area contributed by atoms with Gasteiger partial charge in [-0.1, -0.05) is 30.3 Å². The number of hydrogen-bond donors (Lipinski definition) is 1. The number of piperazine rings is 1. The first-order chi connectivity index (χ1) is 17.1. The van der Waals surface area contributed by atoms with E-state index >= 15 is 0 Å². The molecular formula is C28H26FN5O. The molecule has 7 heteroatoms. The molecule has 0 aliphatic carbocycles. The molecule has 176 valence electrons. The lowest BCUT2D eigenvalue weighted by Gasteiger charge is -2.34. The zero-order valence-corrected chi connectivity index (χ0v) is 19.3. The summed E-state index contributed by atoms with van der Waals surface area (Å²) in [5.41, 5.74) is 3.52. The third-order valence-electron chi connectivity index (χ3n) is 6.07. The molecule has 1 saturated heterocycles. The minimum atomic E-state index is -0.299. The van der Waals surface area contributed by atoms with Crippen molar-refractivity contribution in [1.29, 1.82) is 0 Å².